The number of rotatable bonds is 7. The van der Waals surface area contributed by atoms with E-state index in [2.05, 4.69) is 40.6 Å². The van der Waals surface area contributed by atoms with Crippen LogP contribution in [-0.2, 0) is 11.2 Å². The van der Waals surface area contributed by atoms with Gasteiger partial charge in [-0.1, -0.05) is 0 Å². The van der Waals surface area contributed by atoms with E-state index in [1.165, 1.54) is 7.11 Å². The van der Waals surface area contributed by atoms with Crippen molar-refractivity contribution in [2.24, 2.45) is 0 Å². The molecule has 0 saturated carbocycles. The Morgan fingerprint density at radius 2 is 2.00 bits per heavy atom. The van der Waals surface area contributed by atoms with Gasteiger partial charge in [0.2, 0.25) is 5.95 Å². The van der Waals surface area contributed by atoms with Gasteiger partial charge in [-0.05, 0) is 29.7 Å². The van der Waals surface area contributed by atoms with Crippen molar-refractivity contribution in [2.45, 2.75) is 6.42 Å². The van der Waals surface area contributed by atoms with Gasteiger partial charge in [0.05, 0.1) is 13.4 Å². The number of imidazole rings is 1. The number of nitrogens with zero attached hydrogens (tertiary/aromatic N) is 3. The molecule has 2 aromatic heterocycles. The fourth-order valence-electron chi connectivity index (χ4n) is 2.26. The van der Waals surface area contributed by atoms with Gasteiger partial charge >= 0.3 is 6.09 Å². The van der Waals surface area contributed by atoms with Crippen LogP contribution in [0.4, 0.5) is 27.9 Å². The third-order valence-corrected chi connectivity index (χ3v) is 3.63. The van der Waals surface area contributed by atoms with Crippen molar-refractivity contribution in [3.8, 4) is 0 Å². The molecule has 1 amide bonds. The lowest BCUT2D eigenvalue weighted by atomic mass is 9.99. The molecule has 0 fully saturated rings. The van der Waals surface area contributed by atoms with Gasteiger partial charge in [0.15, 0.2) is 0 Å². The molecular weight excluding hydrogens is 345 g/mol. The van der Waals surface area contributed by atoms with Crippen molar-refractivity contribution in [3.63, 3.8) is 0 Å². The second-order valence-electron chi connectivity index (χ2n) is 5.57. The monoisotopic (exact) mass is 363 g/mol. The first-order chi connectivity index (χ1) is 13.1. The Kier molecular flexibility index (Phi) is 5.88. The Hall–Kier alpha value is -3.56. The van der Waals surface area contributed by atoms with Crippen LogP contribution in [0.1, 0.15) is 5.69 Å². The van der Waals surface area contributed by atoms with Crippen LogP contribution in [0.5, 0.6) is 0 Å². The molecule has 2 heterocycles. The molecule has 0 aliphatic heterocycles. The third kappa shape index (κ3) is 5.21. The third-order valence-electron chi connectivity index (χ3n) is 3.63. The summed E-state index contributed by atoms with van der Waals surface area (Å²) in [7, 11) is 7.24. The predicted molar refractivity (Wildman–Crippen MR) is 104 cm³/mol. The molecule has 27 heavy (non-hydrogen) atoms. The number of amides is 1. The van der Waals surface area contributed by atoms with Crippen LogP contribution < -0.4 is 21.4 Å². The van der Waals surface area contributed by atoms with E-state index < -0.39 is 6.09 Å². The summed E-state index contributed by atoms with van der Waals surface area (Å²) in [5, 5.41) is 8.86. The lowest BCUT2D eigenvalue weighted by Crippen LogP contribution is -2.18. The highest BCUT2D eigenvalue weighted by Gasteiger charge is 2.05. The van der Waals surface area contributed by atoms with Gasteiger partial charge in [-0.3, -0.25) is 5.32 Å². The summed E-state index contributed by atoms with van der Waals surface area (Å²) >= 11 is 0. The van der Waals surface area contributed by atoms with E-state index in [1.807, 2.05) is 0 Å². The molecule has 0 aliphatic rings. The van der Waals surface area contributed by atoms with Crippen molar-refractivity contribution in [2.75, 3.05) is 29.6 Å². The smallest absolute Gasteiger partial charge is 0.411 e. The number of aromatic nitrogens is 4. The number of hydrogen-bond acceptors (Lipinski definition) is 7. The molecule has 0 unspecified atom stereocenters. The zero-order valence-electron chi connectivity index (χ0n) is 14.7. The molecule has 136 valence electrons. The second-order valence-corrected chi connectivity index (χ2v) is 5.57. The molecule has 0 spiro atoms. The zero-order valence-corrected chi connectivity index (χ0v) is 14.7. The summed E-state index contributed by atoms with van der Waals surface area (Å²) in [6.07, 6.45) is 5.20. The molecule has 9 nitrogen and oxygen atoms in total. The SMILES string of the molecule is [B]c1cnc(Nc2ccc(NC(=O)OC)cc2)nc1NCCc1cnc[nH]1. The molecule has 4 N–H and O–H groups in total. The number of benzene rings is 1. The van der Waals surface area contributed by atoms with Gasteiger partial charge in [-0.2, -0.15) is 4.98 Å². The van der Waals surface area contributed by atoms with Crippen molar-refractivity contribution >= 4 is 42.5 Å². The summed E-state index contributed by atoms with van der Waals surface area (Å²) in [4.78, 5) is 26.8. The first kappa shape index (κ1) is 18.2. The number of anilines is 4. The Labute approximate surface area is 157 Å². The van der Waals surface area contributed by atoms with Crippen molar-refractivity contribution in [3.05, 3.63) is 48.7 Å². The summed E-state index contributed by atoms with van der Waals surface area (Å²) < 4.78 is 4.55. The first-order valence-corrected chi connectivity index (χ1v) is 8.20. The van der Waals surface area contributed by atoms with Crippen LogP contribution >= 0.6 is 0 Å². The van der Waals surface area contributed by atoms with Gasteiger partial charge in [-0.15, -0.1) is 0 Å². The average molecular weight is 363 g/mol. The molecule has 1 aromatic carbocycles. The maximum atomic E-state index is 11.2. The van der Waals surface area contributed by atoms with E-state index in [-0.39, 0.29) is 0 Å². The number of ether oxygens (including phenoxy) is 1. The van der Waals surface area contributed by atoms with Gasteiger partial charge in [0.1, 0.15) is 13.7 Å². The van der Waals surface area contributed by atoms with E-state index in [0.29, 0.717) is 29.5 Å². The van der Waals surface area contributed by atoms with Crippen LogP contribution in [-0.4, -0.2) is 47.5 Å². The number of methoxy groups -OCH3 is 1. The predicted octanol–water partition coefficient (Wildman–Crippen LogP) is 1.57. The number of carbonyl (C=O) groups excluding carboxylic acids is 1. The molecule has 3 aromatic rings. The van der Waals surface area contributed by atoms with Gasteiger partial charge in [-0.25, -0.2) is 14.8 Å². The number of aromatic amines is 1. The molecule has 0 aliphatic carbocycles. The van der Waals surface area contributed by atoms with Crippen LogP contribution in [0.2, 0.25) is 0 Å². The first-order valence-electron chi connectivity index (χ1n) is 8.20. The van der Waals surface area contributed by atoms with E-state index in [0.717, 1.165) is 17.8 Å². The lowest BCUT2D eigenvalue weighted by molar-refractivity contribution is 0.187. The van der Waals surface area contributed by atoms with E-state index in [1.54, 1.807) is 43.0 Å². The van der Waals surface area contributed by atoms with Gasteiger partial charge in [0.25, 0.3) is 0 Å². The number of nitrogens with one attached hydrogen (secondary N) is 4. The molecular formula is C17H18BN7O2. The average Bonchev–Trinajstić information content (AvgIpc) is 3.19. The topological polar surface area (TPSA) is 117 Å². The second kappa shape index (κ2) is 8.70. The van der Waals surface area contributed by atoms with E-state index in [4.69, 9.17) is 7.85 Å². The number of hydrogen-bond donors (Lipinski definition) is 4. The van der Waals surface area contributed by atoms with E-state index in [9.17, 15) is 4.79 Å². The number of carbonyl (C=O) groups is 1. The molecule has 2 radical (unpaired) electrons. The maximum Gasteiger partial charge on any atom is 0.411 e. The minimum atomic E-state index is -0.525. The van der Waals surface area contributed by atoms with Crippen LogP contribution in [0.3, 0.4) is 0 Å². The van der Waals surface area contributed by atoms with Crippen LogP contribution in [0, 0.1) is 0 Å². The molecule has 0 bridgehead atoms. The maximum absolute atomic E-state index is 11.2. The van der Waals surface area contributed by atoms with Gasteiger partial charge in [0, 0.05) is 42.4 Å². The minimum Gasteiger partial charge on any atom is -0.453 e. The Morgan fingerprint density at radius 3 is 2.70 bits per heavy atom. The largest absolute Gasteiger partial charge is 0.453 e. The standard InChI is InChI=1S/C17H18BN7O2/c1-27-17(26)24-12-4-2-11(3-5-12)23-16-21-9-14(18)15(25-16)20-7-6-13-8-19-10-22-13/h2-5,8-10H,6-7H2,1H3,(H,19,22)(H,24,26)(H2,20,21,23,25). The summed E-state index contributed by atoms with van der Waals surface area (Å²) in [5.41, 5.74) is 2.86. The molecule has 0 saturated heterocycles. The summed E-state index contributed by atoms with van der Waals surface area (Å²) in [6.45, 7) is 0.650. The molecule has 0 atom stereocenters. The van der Waals surface area contributed by atoms with E-state index >= 15 is 0 Å². The quantitative estimate of drug-likeness (QED) is 0.471. The normalized spacial score (nSPS) is 10.3. The molecule has 3 rings (SSSR count). The lowest BCUT2D eigenvalue weighted by Gasteiger charge is -2.11. The Bertz CT molecular complexity index is 885. The number of H-pyrrole nitrogens is 1. The minimum absolute atomic E-state index is 0.405. The Morgan fingerprint density at radius 1 is 1.22 bits per heavy atom. The van der Waals surface area contributed by atoms with Crippen molar-refractivity contribution < 1.29 is 9.53 Å². The fraction of sp³-hybridized carbons (Fsp3) is 0.176. The highest BCUT2D eigenvalue weighted by molar-refractivity contribution is 6.35. The zero-order chi connectivity index (χ0) is 19.1. The van der Waals surface area contributed by atoms with Crippen molar-refractivity contribution in [1.82, 2.24) is 19.9 Å². The van der Waals surface area contributed by atoms with Crippen LogP contribution in [0.15, 0.2) is 43.0 Å². The van der Waals surface area contributed by atoms with Gasteiger partial charge < -0.3 is 20.4 Å². The summed E-state index contributed by atoms with van der Waals surface area (Å²) in [6, 6.07) is 7.05. The van der Waals surface area contributed by atoms with Crippen molar-refractivity contribution in [1.29, 1.82) is 0 Å². The fourth-order valence-corrected chi connectivity index (χ4v) is 2.26. The molecule has 10 heteroatoms. The van der Waals surface area contributed by atoms with Crippen LogP contribution in [0.25, 0.3) is 0 Å². The Balaban J connectivity index is 1.60. The summed E-state index contributed by atoms with van der Waals surface area (Å²) in [5.74, 6) is 0.956. The highest BCUT2D eigenvalue weighted by atomic mass is 16.5. The highest BCUT2D eigenvalue weighted by Crippen LogP contribution is 2.17.